The first-order chi connectivity index (χ1) is 23.6. The lowest BCUT2D eigenvalue weighted by atomic mass is 9.32. The number of rotatable bonds is 10. The molecule has 9 heteroatoms. The molecule has 0 spiro atoms. The smallest absolute Gasteiger partial charge is 0.306 e. The lowest BCUT2D eigenvalue weighted by Gasteiger charge is -2.73. The minimum absolute atomic E-state index is 0.0382. The van der Waals surface area contributed by atoms with Gasteiger partial charge in [0.15, 0.2) is 0 Å². The Morgan fingerprint density at radius 3 is 2.20 bits per heavy atom. The third-order valence-corrected chi connectivity index (χ3v) is 18.9. The Bertz CT molecular complexity index is 1310. The fourth-order valence-corrected chi connectivity index (χ4v) is 15.7. The van der Waals surface area contributed by atoms with Crippen LogP contribution in [0.1, 0.15) is 139 Å². The highest BCUT2D eigenvalue weighted by Crippen LogP contribution is 2.76. The van der Waals surface area contributed by atoms with E-state index in [4.69, 9.17) is 4.74 Å². The Kier molecular flexibility index (Phi) is 10.7. The van der Waals surface area contributed by atoms with Gasteiger partial charge in [-0.15, -0.1) is 0 Å². The van der Waals surface area contributed by atoms with E-state index in [1.165, 1.54) is 51.4 Å². The normalized spacial score (nSPS) is 44.1. The Morgan fingerprint density at radius 2 is 1.55 bits per heavy atom. The largest absolute Gasteiger partial charge is 0.481 e. The molecule has 6 fully saturated rings. The molecule has 0 aromatic heterocycles. The van der Waals surface area contributed by atoms with Crippen LogP contribution >= 0.6 is 10.6 Å². The molecule has 5 saturated carbocycles. The van der Waals surface area contributed by atoms with Crippen molar-refractivity contribution in [2.45, 2.75) is 151 Å². The highest BCUT2D eigenvalue weighted by Gasteiger charge is 2.71. The second-order valence-corrected chi connectivity index (χ2v) is 23.4. The minimum Gasteiger partial charge on any atom is -0.481 e. The number of carbonyl (C=O) groups excluding carboxylic acids is 1. The van der Waals surface area contributed by atoms with E-state index in [2.05, 4.69) is 58.7 Å². The highest BCUT2D eigenvalue weighted by molar-refractivity contribution is 8.24. The Morgan fingerprint density at radius 1 is 0.863 bits per heavy atom. The van der Waals surface area contributed by atoms with Gasteiger partial charge in [-0.05, 0) is 121 Å². The standard InChI is InChI=1S/C42H74N2O6S/c1-28(2)29-12-17-42(43-20-21-44-22-24-51(48,49)25-23-44)19-18-40(8)30(36(29)42)10-11-32-39(7)15-14-33(38(5,6)31(39)13-16-41(32,40)9)50-35(47)27-37(3,4)26-34(45)46/h28-33,36,43,48-49H,10-27H2,1-9H3,(H,45,46)/t29-,30+,31-,32?,33-,36+,39-,40+,41+,42-/m0/s1. The first-order valence-corrected chi connectivity index (χ1v) is 22.6. The average molecular weight is 735 g/mol. The van der Waals surface area contributed by atoms with E-state index < -0.39 is 22.0 Å². The maximum atomic E-state index is 13.2. The third-order valence-electron chi connectivity index (χ3n) is 17.2. The first kappa shape index (κ1) is 39.8. The van der Waals surface area contributed by atoms with Crippen LogP contribution in [0.2, 0.25) is 0 Å². The van der Waals surface area contributed by atoms with E-state index in [1.54, 1.807) is 0 Å². The van der Waals surface area contributed by atoms with Gasteiger partial charge in [-0.25, -0.2) is 0 Å². The molecular formula is C42H74N2O6S. The molecule has 1 heterocycles. The van der Waals surface area contributed by atoms with E-state index >= 15 is 0 Å². The van der Waals surface area contributed by atoms with Crippen molar-refractivity contribution in [3.63, 3.8) is 0 Å². The number of nitrogens with one attached hydrogen (secondary N) is 1. The van der Waals surface area contributed by atoms with Gasteiger partial charge in [0.1, 0.15) is 6.10 Å². The number of hydrogen-bond donors (Lipinski definition) is 4. The van der Waals surface area contributed by atoms with Crippen molar-refractivity contribution < 1.29 is 28.5 Å². The quantitative estimate of drug-likeness (QED) is 0.164. The number of esters is 1. The van der Waals surface area contributed by atoms with Gasteiger partial charge in [0.2, 0.25) is 0 Å². The predicted molar refractivity (Wildman–Crippen MR) is 207 cm³/mol. The summed E-state index contributed by atoms with van der Waals surface area (Å²) >= 11 is 0. The van der Waals surface area contributed by atoms with Gasteiger partial charge in [-0.1, -0.05) is 62.3 Å². The fourth-order valence-electron chi connectivity index (χ4n) is 14.4. The van der Waals surface area contributed by atoms with Crippen molar-refractivity contribution in [1.82, 2.24) is 10.2 Å². The SMILES string of the molecule is CC(C)[C@@H]1CC[C@]2(NCCN3CCS(O)(O)CC3)CC[C@]3(C)[C@H](CCC4[C@@]5(C)CC[C@H](OC(=O)CC(C)(C)CC(=O)O)C(C)(C)[C@@H]5CC[C@]43C)[C@@H]12. The summed E-state index contributed by atoms with van der Waals surface area (Å²) in [6, 6.07) is 0. The van der Waals surface area contributed by atoms with Crippen molar-refractivity contribution in [1.29, 1.82) is 0 Å². The van der Waals surface area contributed by atoms with Crippen LogP contribution in [0.5, 0.6) is 0 Å². The van der Waals surface area contributed by atoms with Crippen LogP contribution < -0.4 is 5.32 Å². The molecule has 0 aromatic rings. The van der Waals surface area contributed by atoms with Gasteiger partial charge in [0, 0.05) is 37.1 Å². The molecule has 0 amide bonds. The molecule has 0 aromatic carbocycles. The van der Waals surface area contributed by atoms with E-state index in [1.807, 2.05) is 13.8 Å². The van der Waals surface area contributed by atoms with Crippen LogP contribution in [0.15, 0.2) is 0 Å². The maximum Gasteiger partial charge on any atom is 0.306 e. The zero-order chi connectivity index (χ0) is 37.4. The van der Waals surface area contributed by atoms with Crippen LogP contribution in [0.3, 0.4) is 0 Å². The van der Waals surface area contributed by atoms with E-state index in [9.17, 15) is 23.8 Å². The second-order valence-electron chi connectivity index (χ2n) is 21.0. The van der Waals surface area contributed by atoms with Gasteiger partial charge < -0.3 is 15.2 Å². The Labute approximate surface area is 311 Å². The summed E-state index contributed by atoms with van der Waals surface area (Å²) in [6.07, 6.45) is 12.2. The summed E-state index contributed by atoms with van der Waals surface area (Å²) in [5.41, 5.74) is 0.222. The maximum absolute atomic E-state index is 13.2. The number of carbonyl (C=O) groups is 2. The van der Waals surface area contributed by atoms with Crippen molar-refractivity contribution in [2.75, 3.05) is 37.7 Å². The Balaban J connectivity index is 1.18. The van der Waals surface area contributed by atoms with Crippen LogP contribution in [0.25, 0.3) is 0 Å². The number of fused-ring (bicyclic) bond motifs is 7. The monoisotopic (exact) mass is 735 g/mol. The lowest BCUT2D eigenvalue weighted by molar-refractivity contribution is -0.247. The summed E-state index contributed by atoms with van der Waals surface area (Å²) in [4.78, 5) is 27.1. The zero-order valence-corrected chi connectivity index (χ0v) is 34.5. The number of ether oxygens (including phenoxy) is 1. The highest BCUT2D eigenvalue weighted by atomic mass is 32.3. The van der Waals surface area contributed by atoms with Crippen molar-refractivity contribution in [3.05, 3.63) is 0 Å². The molecule has 4 N–H and O–H groups in total. The van der Waals surface area contributed by atoms with Gasteiger partial charge in [0.25, 0.3) is 0 Å². The summed E-state index contributed by atoms with van der Waals surface area (Å²) in [6.45, 7) is 24.9. The molecular weight excluding hydrogens is 661 g/mol. The topological polar surface area (TPSA) is 119 Å². The summed E-state index contributed by atoms with van der Waals surface area (Å²) < 4.78 is 26.6. The third kappa shape index (κ3) is 6.97. The molecule has 1 unspecified atom stereocenters. The Hall–Kier alpha value is -0.870. The van der Waals surface area contributed by atoms with Crippen molar-refractivity contribution in [3.8, 4) is 0 Å². The van der Waals surface area contributed by atoms with Crippen molar-refractivity contribution in [2.24, 2.45) is 62.6 Å². The molecule has 10 atom stereocenters. The molecule has 6 aliphatic rings. The van der Waals surface area contributed by atoms with Crippen LogP contribution in [0, 0.1) is 62.6 Å². The first-order valence-electron chi connectivity index (χ1n) is 20.7. The van der Waals surface area contributed by atoms with Crippen LogP contribution in [-0.4, -0.2) is 80.4 Å². The zero-order valence-electron chi connectivity index (χ0n) is 33.7. The molecule has 294 valence electrons. The molecule has 0 bridgehead atoms. The number of hydrogen-bond acceptors (Lipinski definition) is 7. The van der Waals surface area contributed by atoms with Gasteiger partial charge >= 0.3 is 11.9 Å². The summed E-state index contributed by atoms with van der Waals surface area (Å²) in [5, 5.41) is 13.6. The van der Waals surface area contributed by atoms with E-state index in [0.29, 0.717) is 40.6 Å². The molecule has 0 radical (unpaired) electrons. The van der Waals surface area contributed by atoms with E-state index in [0.717, 1.165) is 50.9 Å². The van der Waals surface area contributed by atoms with Gasteiger partial charge in [-0.3, -0.25) is 23.6 Å². The summed E-state index contributed by atoms with van der Waals surface area (Å²) in [7, 11) is -2.36. The minimum atomic E-state index is -2.36. The molecule has 8 nitrogen and oxygen atoms in total. The predicted octanol–water partition coefficient (Wildman–Crippen LogP) is 8.93. The molecule has 1 aliphatic heterocycles. The fraction of sp³-hybridized carbons (Fsp3) is 0.952. The van der Waals surface area contributed by atoms with Crippen molar-refractivity contribution >= 4 is 22.5 Å². The number of nitrogens with zero attached hydrogens (tertiary/aromatic N) is 1. The molecule has 1 saturated heterocycles. The molecule has 5 aliphatic carbocycles. The summed E-state index contributed by atoms with van der Waals surface area (Å²) in [5.74, 6) is 3.91. The average Bonchev–Trinajstić information content (AvgIpc) is 3.39. The second kappa shape index (κ2) is 13.7. The molecule has 51 heavy (non-hydrogen) atoms. The lowest BCUT2D eigenvalue weighted by Crippen LogP contribution is -2.69. The van der Waals surface area contributed by atoms with Crippen LogP contribution in [-0.2, 0) is 14.3 Å². The number of carboxylic acids is 1. The van der Waals surface area contributed by atoms with Crippen LogP contribution in [0.4, 0.5) is 0 Å². The van der Waals surface area contributed by atoms with Gasteiger partial charge in [-0.2, -0.15) is 10.6 Å². The van der Waals surface area contributed by atoms with Gasteiger partial charge in [0.05, 0.1) is 24.3 Å². The number of aliphatic carboxylic acids is 1. The molecule has 6 rings (SSSR count). The number of carboxylic acid groups (broad SMARTS) is 1. The van der Waals surface area contributed by atoms with E-state index in [-0.39, 0.29) is 46.7 Å².